The fourth-order valence-corrected chi connectivity index (χ4v) is 3.38. The number of hydrogen-bond donors (Lipinski definition) is 1. The fraction of sp³-hybridized carbons (Fsp3) is 0.316. The molecule has 0 spiro atoms. The molecular weight excluding hydrogens is 340 g/mol. The van der Waals surface area contributed by atoms with Gasteiger partial charge in [-0.3, -0.25) is 4.79 Å². The molecule has 1 unspecified atom stereocenters. The Balaban J connectivity index is 1.80. The number of benzene rings is 2. The Morgan fingerprint density at radius 2 is 1.83 bits per heavy atom. The van der Waals surface area contributed by atoms with Gasteiger partial charge in [0, 0.05) is 35.7 Å². The number of thioether (sulfide) groups is 1. The summed E-state index contributed by atoms with van der Waals surface area (Å²) in [6.45, 7) is 3.43. The summed E-state index contributed by atoms with van der Waals surface area (Å²) in [6, 6.07) is 17.8. The fourth-order valence-electron chi connectivity index (χ4n) is 2.27. The van der Waals surface area contributed by atoms with Gasteiger partial charge >= 0.3 is 0 Å². The third kappa shape index (κ3) is 5.77. The first kappa shape index (κ1) is 18.7. The van der Waals surface area contributed by atoms with E-state index in [0.717, 1.165) is 23.5 Å². The van der Waals surface area contributed by atoms with Crippen LogP contribution in [0.25, 0.3) is 0 Å². The molecule has 1 N–H and O–H groups in total. The topological polar surface area (TPSA) is 32.3 Å². The summed E-state index contributed by atoms with van der Waals surface area (Å²) >= 11 is 7.48. The Hall–Kier alpha value is -1.65. The van der Waals surface area contributed by atoms with Crippen LogP contribution in [0.3, 0.4) is 0 Å². The Labute approximate surface area is 153 Å². The van der Waals surface area contributed by atoms with Crippen molar-refractivity contribution < 1.29 is 4.79 Å². The second-order valence-electron chi connectivity index (χ2n) is 5.52. The molecule has 0 saturated heterocycles. The van der Waals surface area contributed by atoms with Crippen molar-refractivity contribution in [1.29, 1.82) is 0 Å². The maximum absolute atomic E-state index is 12.4. The predicted octanol–water partition coefficient (Wildman–Crippen LogP) is 4.46. The maximum atomic E-state index is 12.4. The molecule has 0 radical (unpaired) electrons. The minimum atomic E-state index is -0.0896. The molecule has 0 aliphatic heterocycles. The van der Waals surface area contributed by atoms with E-state index in [1.807, 2.05) is 56.4 Å². The van der Waals surface area contributed by atoms with Crippen LogP contribution >= 0.6 is 23.4 Å². The van der Waals surface area contributed by atoms with Gasteiger partial charge in [-0.05, 0) is 42.8 Å². The van der Waals surface area contributed by atoms with Gasteiger partial charge in [-0.1, -0.05) is 36.7 Å². The van der Waals surface area contributed by atoms with Crippen molar-refractivity contribution in [3.63, 3.8) is 0 Å². The molecule has 0 aliphatic carbocycles. The SMILES string of the molecule is CCC(Sc1ccc(Cl)cc1)C(=O)NCCN(C)c1ccccc1. The van der Waals surface area contributed by atoms with Crippen LogP contribution in [-0.4, -0.2) is 31.3 Å². The summed E-state index contributed by atoms with van der Waals surface area (Å²) in [6.07, 6.45) is 0.785. The molecule has 2 rings (SSSR count). The van der Waals surface area contributed by atoms with Gasteiger partial charge in [0.2, 0.25) is 5.91 Å². The monoisotopic (exact) mass is 362 g/mol. The van der Waals surface area contributed by atoms with Crippen molar-refractivity contribution in [1.82, 2.24) is 5.32 Å². The van der Waals surface area contributed by atoms with E-state index in [1.165, 1.54) is 0 Å². The van der Waals surface area contributed by atoms with Crippen LogP contribution in [-0.2, 0) is 4.79 Å². The van der Waals surface area contributed by atoms with E-state index in [-0.39, 0.29) is 11.2 Å². The summed E-state index contributed by atoms with van der Waals surface area (Å²) < 4.78 is 0. The zero-order valence-corrected chi connectivity index (χ0v) is 15.6. The number of halogens is 1. The van der Waals surface area contributed by atoms with Crippen LogP contribution in [0.2, 0.25) is 5.02 Å². The Morgan fingerprint density at radius 3 is 2.46 bits per heavy atom. The van der Waals surface area contributed by atoms with Crippen LogP contribution in [0.4, 0.5) is 5.69 Å². The van der Waals surface area contributed by atoms with Crippen molar-refractivity contribution in [2.45, 2.75) is 23.5 Å². The highest BCUT2D eigenvalue weighted by molar-refractivity contribution is 8.00. The van der Waals surface area contributed by atoms with E-state index in [0.29, 0.717) is 11.6 Å². The number of anilines is 1. The van der Waals surface area contributed by atoms with Gasteiger partial charge in [0.15, 0.2) is 0 Å². The number of para-hydroxylation sites is 1. The van der Waals surface area contributed by atoms with Gasteiger partial charge < -0.3 is 10.2 Å². The number of likely N-dealkylation sites (N-methyl/N-ethyl adjacent to an activating group) is 1. The molecule has 1 atom stereocenters. The van der Waals surface area contributed by atoms with E-state index in [2.05, 4.69) is 22.3 Å². The highest BCUT2D eigenvalue weighted by Gasteiger charge is 2.17. The maximum Gasteiger partial charge on any atom is 0.233 e. The second-order valence-corrected chi connectivity index (χ2v) is 7.23. The highest BCUT2D eigenvalue weighted by Crippen LogP contribution is 2.26. The summed E-state index contributed by atoms with van der Waals surface area (Å²) in [5, 5.41) is 3.66. The van der Waals surface area contributed by atoms with E-state index in [1.54, 1.807) is 11.8 Å². The van der Waals surface area contributed by atoms with Crippen molar-refractivity contribution >= 4 is 35.0 Å². The third-order valence-corrected chi connectivity index (χ3v) is 5.33. The molecule has 0 saturated carbocycles. The quantitative estimate of drug-likeness (QED) is 0.703. The van der Waals surface area contributed by atoms with Gasteiger partial charge in [0.05, 0.1) is 5.25 Å². The van der Waals surface area contributed by atoms with Crippen molar-refractivity contribution in [3.8, 4) is 0 Å². The molecule has 2 aromatic rings. The average molecular weight is 363 g/mol. The zero-order chi connectivity index (χ0) is 17.4. The molecule has 0 fully saturated rings. The van der Waals surface area contributed by atoms with E-state index < -0.39 is 0 Å². The molecular formula is C19H23ClN2OS. The van der Waals surface area contributed by atoms with Crippen molar-refractivity contribution in [3.05, 3.63) is 59.6 Å². The molecule has 0 aromatic heterocycles. The first-order valence-corrected chi connectivity index (χ1v) is 9.32. The Morgan fingerprint density at radius 1 is 1.17 bits per heavy atom. The minimum Gasteiger partial charge on any atom is -0.373 e. The van der Waals surface area contributed by atoms with Gasteiger partial charge in [-0.25, -0.2) is 0 Å². The number of carbonyl (C=O) groups excluding carboxylic acids is 1. The molecule has 24 heavy (non-hydrogen) atoms. The van der Waals surface area contributed by atoms with Gasteiger partial charge in [-0.2, -0.15) is 0 Å². The highest BCUT2D eigenvalue weighted by atomic mass is 35.5. The summed E-state index contributed by atoms with van der Waals surface area (Å²) in [7, 11) is 2.03. The lowest BCUT2D eigenvalue weighted by Gasteiger charge is -2.20. The molecule has 128 valence electrons. The lowest BCUT2D eigenvalue weighted by atomic mass is 10.3. The molecule has 0 aliphatic rings. The van der Waals surface area contributed by atoms with E-state index in [9.17, 15) is 4.79 Å². The zero-order valence-electron chi connectivity index (χ0n) is 14.0. The van der Waals surface area contributed by atoms with Crippen LogP contribution in [0.5, 0.6) is 0 Å². The Bertz CT molecular complexity index is 634. The van der Waals surface area contributed by atoms with Crippen LogP contribution < -0.4 is 10.2 Å². The van der Waals surface area contributed by atoms with Gasteiger partial charge in [0.25, 0.3) is 0 Å². The predicted molar refractivity (Wildman–Crippen MR) is 104 cm³/mol. The number of rotatable bonds is 8. The number of amides is 1. The largest absolute Gasteiger partial charge is 0.373 e. The van der Waals surface area contributed by atoms with E-state index >= 15 is 0 Å². The van der Waals surface area contributed by atoms with Crippen LogP contribution in [0, 0.1) is 0 Å². The normalized spacial score (nSPS) is 11.8. The first-order chi connectivity index (χ1) is 11.6. The second kappa shape index (κ2) is 9.60. The number of carbonyl (C=O) groups is 1. The molecule has 5 heteroatoms. The first-order valence-electron chi connectivity index (χ1n) is 8.06. The summed E-state index contributed by atoms with van der Waals surface area (Å²) in [5.41, 5.74) is 1.15. The van der Waals surface area contributed by atoms with Crippen LogP contribution in [0.15, 0.2) is 59.5 Å². The third-order valence-electron chi connectivity index (χ3n) is 3.70. The number of nitrogens with one attached hydrogen (secondary N) is 1. The van der Waals surface area contributed by atoms with E-state index in [4.69, 9.17) is 11.6 Å². The van der Waals surface area contributed by atoms with Crippen LogP contribution in [0.1, 0.15) is 13.3 Å². The Kier molecular flexibility index (Phi) is 7.47. The van der Waals surface area contributed by atoms with Gasteiger partial charge in [0.1, 0.15) is 0 Å². The lowest BCUT2D eigenvalue weighted by Crippen LogP contribution is -2.37. The van der Waals surface area contributed by atoms with Crippen molar-refractivity contribution in [2.75, 3.05) is 25.0 Å². The molecule has 0 heterocycles. The molecule has 2 aromatic carbocycles. The lowest BCUT2D eigenvalue weighted by molar-refractivity contribution is -0.120. The van der Waals surface area contributed by atoms with Gasteiger partial charge in [-0.15, -0.1) is 11.8 Å². The average Bonchev–Trinajstić information content (AvgIpc) is 2.61. The molecule has 3 nitrogen and oxygen atoms in total. The molecule has 0 bridgehead atoms. The summed E-state index contributed by atoms with van der Waals surface area (Å²) in [4.78, 5) is 15.6. The molecule has 1 amide bonds. The smallest absolute Gasteiger partial charge is 0.233 e. The van der Waals surface area contributed by atoms with Crippen molar-refractivity contribution in [2.24, 2.45) is 0 Å². The minimum absolute atomic E-state index is 0.0823. The standard InChI is InChI=1S/C19H23ClN2OS/c1-3-18(24-17-11-9-15(20)10-12-17)19(23)21-13-14-22(2)16-7-5-4-6-8-16/h4-12,18H,3,13-14H2,1-2H3,(H,21,23). The summed E-state index contributed by atoms with van der Waals surface area (Å²) in [5.74, 6) is 0.0823. The number of hydrogen-bond acceptors (Lipinski definition) is 3. The number of nitrogens with zero attached hydrogens (tertiary/aromatic N) is 1.